The fourth-order valence-corrected chi connectivity index (χ4v) is 3.11. The smallest absolute Gasteiger partial charge is 0.231 e. The number of nitrogens with zero attached hydrogens (tertiary/aromatic N) is 1. The molecule has 4 nitrogen and oxygen atoms in total. The molecule has 1 heterocycles. The van der Waals surface area contributed by atoms with Crippen molar-refractivity contribution in [2.45, 2.75) is 13.8 Å². The fraction of sp³-hybridized carbons (Fsp3) is 0.200. The summed E-state index contributed by atoms with van der Waals surface area (Å²) in [6.45, 7) is 3.58. The Bertz CT molecular complexity index is 958. The number of carbonyl (C=O) groups is 1. The van der Waals surface area contributed by atoms with E-state index in [-0.39, 0.29) is 17.6 Å². The molecule has 0 saturated carbocycles. The molecule has 0 saturated heterocycles. The third-order valence-electron chi connectivity index (χ3n) is 3.98. The normalized spacial score (nSPS) is 11.3. The topological polar surface area (TPSA) is 54.0 Å². The highest BCUT2D eigenvalue weighted by Crippen LogP contribution is 2.30. The van der Waals surface area contributed by atoms with E-state index < -0.39 is 5.41 Å². The third-order valence-corrected chi connectivity index (χ3v) is 5.41. The van der Waals surface area contributed by atoms with Crippen molar-refractivity contribution in [2.75, 3.05) is 16.5 Å². The lowest BCUT2D eigenvalue weighted by atomic mass is 9.95. The van der Waals surface area contributed by atoms with Crippen LogP contribution >= 0.6 is 22.9 Å². The average molecular weight is 404 g/mol. The Kier molecular flexibility index (Phi) is 5.77. The summed E-state index contributed by atoms with van der Waals surface area (Å²) in [4.78, 5) is 16.8. The van der Waals surface area contributed by atoms with Gasteiger partial charge < -0.3 is 10.6 Å². The summed E-state index contributed by atoms with van der Waals surface area (Å²) in [6, 6.07) is 13.9. The third kappa shape index (κ3) is 4.64. The van der Waals surface area contributed by atoms with Gasteiger partial charge in [0.2, 0.25) is 5.91 Å². The first-order chi connectivity index (χ1) is 12.9. The molecule has 0 atom stereocenters. The van der Waals surface area contributed by atoms with Gasteiger partial charge in [-0.1, -0.05) is 24.3 Å². The molecule has 0 aliphatic carbocycles. The molecule has 140 valence electrons. The molecular weight excluding hydrogens is 385 g/mol. The van der Waals surface area contributed by atoms with Crippen molar-refractivity contribution in [1.29, 1.82) is 0 Å². The predicted octanol–water partition coefficient (Wildman–Crippen LogP) is 5.90. The Labute approximate surface area is 166 Å². The van der Waals surface area contributed by atoms with Gasteiger partial charge in [-0.2, -0.15) is 0 Å². The summed E-state index contributed by atoms with van der Waals surface area (Å²) < 4.78 is 13.8. The Morgan fingerprint density at radius 1 is 1.22 bits per heavy atom. The van der Waals surface area contributed by atoms with Crippen LogP contribution in [0.3, 0.4) is 0 Å². The maximum Gasteiger partial charge on any atom is 0.231 e. The van der Waals surface area contributed by atoms with E-state index in [4.69, 9.17) is 11.6 Å². The largest absolute Gasteiger partial charge is 0.329 e. The number of rotatable bonds is 6. The lowest BCUT2D eigenvalue weighted by molar-refractivity contribution is -0.122. The number of anilines is 3. The van der Waals surface area contributed by atoms with Crippen LogP contribution in [-0.2, 0) is 4.79 Å². The minimum atomic E-state index is -0.658. The van der Waals surface area contributed by atoms with E-state index in [1.54, 1.807) is 32.0 Å². The van der Waals surface area contributed by atoms with E-state index in [1.165, 1.54) is 17.4 Å². The number of thiazole rings is 1. The molecule has 3 rings (SSSR count). The molecule has 0 aliphatic rings. The molecule has 0 fully saturated rings. The van der Waals surface area contributed by atoms with Gasteiger partial charge in [0.15, 0.2) is 5.13 Å². The Morgan fingerprint density at radius 3 is 2.74 bits per heavy atom. The Morgan fingerprint density at radius 2 is 2.00 bits per heavy atom. The molecule has 1 aromatic heterocycles. The maximum atomic E-state index is 13.8. The van der Waals surface area contributed by atoms with Crippen LogP contribution in [0.15, 0.2) is 53.9 Å². The van der Waals surface area contributed by atoms with E-state index in [0.717, 1.165) is 11.3 Å². The number of hydrogen-bond acceptors (Lipinski definition) is 4. The van der Waals surface area contributed by atoms with Crippen LogP contribution in [0, 0.1) is 11.2 Å². The van der Waals surface area contributed by atoms with Crippen LogP contribution < -0.4 is 10.6 Å². The van der Waals surface area contributed by atoms with Crippen LogP contribution in [-0.4, -0.2) is 16.8 Å². The number of para-hydroxylation sites is 1. The van der Waals surface area contributed by atoms with Crippen molar-refractivity contribution in [2.24, 2.45) is 5.41 Å². The molecule has 2 aromatic carbocycles. The second kappa shape index (κ2) is 8.06. The quantitative estimate of drug-likeness (QED) is 0.504. The summed E-state index contributed by atoms with van der Waals surface area (Å²) in [5.74, 6) is -0.244. The van der Waals surface area contributed by atoms with Crippen molar-refractivity contribution in [1.82, 2.24) is 4.98 Å². The van der Waals surface area contributed by atoms with E-state index >= 15 is 0 Å². The molecule has 27 heavy (non-hydrogen) atoms. The number of amides is 1. The highest BCUT2D eigenvalue weighted by atomic mass is 35.5. The van der Waals surface area contributed by atoms with Crippen molar-refractivity contribution in [3.8, 4) is 11.3 Å². The van der Waals surface area contributed by atoms with E-state index in [1.807, 2.05) is 29.6 Å². The molecule has 3 aromatic rings. The summed E-state index contributed by atoms with van der Waals surface area (Å²) in [5.41, 5.74) is 1.99. The van der Waals surface area contributed by atoms with Crippen LogP contribution in [0.25, 0.3) is 11.3 Å². The van der Waals surface area contributed by atoms with Crippen LogP contribution in [0.4, 0.5) is 20.9 Å². The van der Waals surface area contributed by atoms with Gasteiger partial charge in [-0.15, -0.1) is 22.9 Å². The second-order valence-corrected chi connectivity index (χ2v) is 7.82. The fourth-order valence-electron chi connectivity index (χ4n) is 2.26. The van der Waals surface area contributed by atoms with Gasteiger partial charge in [0.25, 0.3) is 0 Å². The first kappa shape index (κ1) is 19.3. The molecule has 0 radical (unpaired) electrons. The standard InChI is InChI=1S/C20H19ClFN3OS/c1-20(2,12-21)18(26)23-14-7-5-6-13(10-14)17-11-27-19(25-17)24-16-9-4-3-8-15(16)22/h3-11H,12H2,1-2H3,(H,23,26)(H,24,25). The monoisotopic (exact) mass is 403 g/mol. The Hall–Kier alpha value is -2.44. The number of halogens is 2. The zero-order valence-corrected chi connectivity index (χ0v) is 16.5. The Balaban J connectivity index is 1.77. The number of benzene rings is 2. The minimum Gasteiger partial charge on any atom is -0.329 e. The number of carbonyl (C=O) groups excluding carboxylic acids is 1. The molecule has 7 heteroatoms. The summed E-state index contributed by atoms with van der Waals surface area (Å²) in [5, 5.41) is 8.34. The van der Waals surface area contributed by atoms with Gasteiger partial charge >= 0.3 is 0 Å². The van der Waals surface area contributed by atoms with Crippen molar-refractivity contribution in [3.05, 3.63) is 59.7 Å². The molecule has 2 N–H and O–H groups in total. The number of hydrogen-bond donors (Lipinski definition) is 2. The minimum absolute atomic E-state index is 0.144. The first-order valence-corrected chi connectivity index (χ1v) is 9.75. The number of alkyl halides is 1. The summed E-state index contributed by atoms with van der Waals surface area (Å²) in [7, 11) is 0. The van der Waals surface area contributed by atoms with Crippen molar-refractivity contribution < 1.29 is 9.18 Å². The van der Waals surface area contributed by atoms with Crippen molar-refractivity contribution in [3.63, 3.8) is 0 Å². The van der Waals surface area contributed by atoms with Gasteiger partial charge in [-0.05, 0) is 38.1 Å². The lowest BCUT2D eigenvalue weighted by Crippen LogP contribution is -2.32. The second-order valence-electron chi connectivity index (χ2n) is 6.70. The van der Waals surface area contributed by atoms with E-state index in [2.05, 4.69) is 15.6 Å². The van der Waals surface area contributed by atoms with Crippen LogP contribution in [0.1, 0.15) is 13.8 Å². The van der Waals surface area contributed by atoms with E-state index in [9.17, 15) is 9.18 Å². The van der Waals surface area contributed by atoms with Crippen molar-refractivity contribution >= 4 is 45.4 Å². The highest BCUT2D eigenvalue weighted by molar-refractivity contribution is 7.14. The van der Waals surface area contributed by atoms with Crippen LogP contribution in [0.2, 0.25) is 0 Å². The van der Waals surface area contributed by atoms with Gasteiger partial charge in [-0.3, -0.25) is 4.79 Å². The van der Waals surface area contributed by atoms with Gasteiger partial charge in [0.05, 0.1) is 16.8 Å². The zero-order chi connectivity index (χ0) is 19.4. The van der Waals surface area contributed by atoms with E-state index in [0.29, 0.717) is 16.5 Å². The zero-order valence-electron chi connectivity index (χ0n) is 14.9. The van der Waals surface area contributed by atoms with Crippen LogP contribution in [0.5, 0.6) is 0 Å². The molecule has 1 amide bonds. The average Bonchev–Trinajstić information content (AvgIpc) is 3.12. The molecule has 0 aliphatic heterocycles. The molecule has 0 unspecified atom stereocenters. The number of nitrogens with one attached hydrogen (secondary N) is 2. The molecule has 0 bridgehead atoms. The van der Waals surface area contributed by atoms with Gasteiger partial charge in [0.1, 0.15) is 5.82 Å². The predicted molar refractivity (Wildman–Crippen MR) is 110 cm³/mol. The summed E-state index contributed by atoms with van der Waals surface area (Å²) in [6.07, 6.45) is 0. The summed E-state index contributed by atoms with van der Waals surface area (Å²) >= 11 is 7.24. The molecule has 0 spiro atoms. The maximum absolute atomic E-state index is 13.8. The molecular formula is C20H19ClFN3OS. The van der Waals surface area contributed by atoms with Gasteiger partial charge in [0, 0.05) is 22.5 Å². The highest BCUT2D eigenvalue weighted by Gasteiger charge is 2.26. The first-order valence-electron chi connectivity index (χ1n) is 8.34. The van der Waals surface area contributed by atoms with Gasteiger partial charge in [-0.25, -0.2) is 9.37 Å². The number of aromatic nitrogens is 1. The SMILES string of the molecule is CC(C)(CCl)C(=O)Nc1cccc(-c2csc(Nc3ccccc3F)n2)c1. The lowest BCUT2D eigenvalue weighted by Gasteiger charge is -2.20.